The molecule has 2 heteroatoms. The second-order valence-corrected chi connectivity index (χ2v) is 5.66. The Hall–Kier alpha value is -1.93. The predicted molar refractivity (Wildman–Crippen MR) is 85.7 cm³/mol. The molecule has 0 radical (unpaired) electrons. The summed E-state index contributed by atoms with van der Waals surface area (Å²) in [6.07, 6.45) is 5.20. The Kier molecular flexibility index (Phi) is 4.16. The Morgan fingerprint density at radius 3 is 2.52 bits per heavy atom. The highest BCUT2D eigenvalue weighted by Crippen LogP contribution is 2.33. The zero-order valence-electron chi connectivity index (χ0n) is 12.2. The largest absolute Gasteiger partial charge is 0.299 e. The van der Waals surface area contributed by atoms with Gasteiger partial charge in [-0.05, 0) is 31.6 Å². The van der Waals surface area contributed by atoms with Gasteiger partial charge in [0, 0.05) is 17.5 Å². The van der Waals surface area contributed by atoms with Gasteiger partial charge in [0.15, 0.2) is 0 Å². The molecule has 2 aromatic rings. The first-order valence-corrected chi connectivity index (χ1v) is 7.43. The number of hydrogen-bond acceptors (Lipinski definition) is 1. The summed E-state index contributed by atoms with van der Waals surface area (Å²) in [6, 6.07) is 17.8. The lowest BCUT2D eigenvalue weighted by molar-refractivity contribution is 0.347. The molecule has 0 N–H and O–H groups in total. The molecule has 0 aromatic heterocycles. The Labute approximate surface area is 125 Å². The quantitative estimate of drug-likeness (QED) is 0.809. The van der Waals surface area contributed by atoms with Crippen LogP contribution in [0.15, 0.2) is 60.7 Å². The van der Waals surface area contributed by atoms with E-state index in [4.69, 9.17) is 0 Å². The van der Waals surface area contributed by atoms with E-state index < -0.39 is 0 Å². The molecule has 1 aliphatic rings. The Morgan fingerprint density at radius 1 is 1.05 bits per heavy atom. The van der Waals surface area contributed by atoms with E-state index in [9.17, 15) is 4.39 Å². The van der Waals surface area contributed by atoms with E-state index >= 15 is 0 Å². The van der Waals surface area contributed by atoms with Gasteiger partial charge < -0.3 is 0 Å². The fourth-order valence-electron chi connectivity index (χ4n) is 3.13. The molecule has 108 valence electrons. The summed E-state index contributed by atoms with van der Waals surface area (Å²) < 4.78 is 13.7. The van der Waals surface area contributed by atoms with Crippen molar-refractivity contribution in [1.29, 1.82) is 0 Å². The van der Waals surface area contributed by atoms with Gasteiger partial charge in [0.2, 0.25) is 0 Å². The molecule has 1 heterocycles. The lowest BCUT2D eigenvalue weighted by Crippen LogP contribution is -2.26. The van der Waals surface area contributed by atoms with Crippen molar-refractivity contribution in [3.8, 4) is 0 Å². The average Bonchev–Trinajstić information content (AvgIpc) is 2.88. The van der Waals surface area contributed by atoms with E-state index in [-0.39, 0.29) is 5.82 Å². The van der Waals surface area contributed by atoms with Crippen LogP contribution in [0.1, 0.15) is 23.5 Å². The van der Waals surface area contributed by atoms with Gasteiger partial charge in [-0.3, -0.25) is 4.90 Å². The molecule has 1 saturated heterocycles. The normalized spacial score (nSPS) is 23.0. The number of nitrogens with zero attached hydrogens (tertiary/aromatic N) is 1. The topological polar surface area (TPSA) is 3.24 Å². The number of likely N-dealkylation sites (tertiary alicyclic amines) is 1. The summed E-state index contributed by atoms with van der Waals surface area (Å²) in [5.74, 6) is 0.324. The first-order chi connectivity index (χ1) is 10.3. The summed E-state index contributed by atoms with van der Waals surface area (Å²) in [6.45, 7) is 1.08. The number of benzene rings is 2. The Balaban J connectivity index is 1.84. The lowest BCUT2D eigenvalue weighted by atomic mass is 9.91. The first kappa shape index (κ1) is 14.0. The molecule has 1 aliphatic heterocycles. The van der Waals surface area contributed by atoms with Crippen LogP contribution >= 0.6 is 0 Å². The third-order valence-electron chi connectivity index (χ3n) is 4.32. The lowest BCUT2D eigenvalue weighted by Gasteiger charge is -2.22. The Morgan fingerprint density at radius 2 is 1.76 bits per heavy atom. The van der Waals surface area contributed by atoms with Crippen LogP contribution in [-0.4, -0.2) is 24.5 Å². The molecule has 2 atom stereocenters. The van der Waals surface area contributed by atoms with Gasteiger partial charge in [0.05, 0.1) is 0 Å². The number of halogens is 1. The van der Waals surface area contributed by atoms with Crippen molar-refractivity contribution in [3.05, 3.63) is 77.6 Å². The van der Waals surface area contributed by atoms with Crippen molar-refractivity contribution in [2.24, 2.45) is 0 Å². The van der Waals surface area contributed by atoms with Crippen LogP contribution < -0.4 is 0 Å². The van der Waals surface area contributed by atoms with E-state index in [1.54, 1.807) is 6.07 Å². The zero-order valence-corrected chi connectivity index (χ0v) is 12.2. The monoisotopic (exact) mass is 281 g/mol. The van der Waals surface area contributed by atoms with E-state index in [1.165, 1.54) is 11.6 Å². The highest BCUT2D eigenvalue weighted by atomic mass is 19.1. The zero-order chi connectivity index (χ0) is 14.7. The minimum absolute atomic E-state index is 0.161. The van der Waals surface area contributed by atoms with Crippen molar-refractivity contribution < 1.29 is 4.39 Å². The number of rotatable bonds is 3. The molecule has 1 nitrogen and oxygen atoms in total. The van der Waals surface area contributed by atoms with Crippen LogP contribution in [0.2, 0.25) is 0 Å². The van der Waals surface area contributed by atoms with E-state index in [2.05, 4.69) is 42.3 Å². The molecule has 2 aromatic carbocycles. The van der Waals surface area contributed by atoms with Gasteiger partial charge in [-0.1, -0.05) is 60.7 Å². The number of likely N-dealkylation sites (N-methyl/N-ethyl adjacent to an activating group) is 1. The average molecular weight is 281 g/mol. The summed E-state index contributed by atoms with van der Waals surface area (Å²) in [4.78, 5) is 2.34. The van der Waals surface area contributed by atoms with Crippen molar-refractivity contribution in [1.82, 2.24) is 4.90 Å². The van der Waals surface area contributed by atoms with Crippen molar-refractivity contribution in [2.75, 3.05) is 13.6 Å². The standard InChI is InChI=1S/C19H20FN/c1-21-14-13-17(15-7-3-2-4-8-15)19(21)12-11-16-9-5-6-10-18(16)20/h2-12,17,19H,13-14H2,1H3/b12-11+/t17-,19-/m1/s1. The van der Waals surface area contributed by atoms with E-state index in [1.807, 2.05) is 24.3 Å². The molecule has 0 amide bonds. The molecule has 3 rings (SSSR count). The van der Waals surface area contributed by atoms with Gasteiger partial charge in [0.1, 0.15) is 5.82 Å². The summed E-state index contributed by atoms with van der Waals surface area (Å²) >= 11 is 0. The van der Waals surface area contributed by atoms with Crippen LogP contribution in [0, 0.1) is 5.82 Å². The highest BCUT2D eigenvalue weighted by Gasteiger charge is 2.30. The molecule has 0 bridgehead atoms. The molecule has 0 aliphatic carbocycles. The molecular formula is C19H20FN. The van der Waals surface area contributed by atoms with Gasteiger partial charge in [-0.25, -0.2) is 4.39 Å². The van der Waals surface area contributed by atoms with Crippen molar-refractivity contribution in [3.63, 3.8) is 0 Å². The number of hydrogen-bond donors (Lipinski definition) is 0. The molecule has 0 spiro atoms. The first-order valence-electron chi connectivity index (χ1n) is 7.43. The third-order valence-corrected chi connectivity index (χ3v) is 4.32. The SMILES string of the molecule is CN1CC[C@H](c2ccccc2)[C@H]1/C=C/c1ccccc1F. The summed E-state index contributed by atoms with van der Waals surface area (Å²) in [7, 11) is 2.14. The minimum atomic E-state index is -0.161. The predicted octanol–water partition coefficient (Wildman–Crippen LogP) is 4.33. The smallest absolute Gasteiger partial charge is 0.130 e. The third kappa shape index (κ3) is 3.06. The minimum Gasteiger partial charge on any atom is -0.299 e. The van der Waals surface area contributed by atoms with Gasteiger partial charge in [-0.2, -0.15) is 0 Å². The fraction of sp³-hybridized carbons (Fsp3) is 0.263. The van der Waals surface area contributed by atoms with Crippen molar-refractivity contribution in [2.45, 2.75) is 18.4 Å². The van der Waals surface area contributed by atoms with Crippen molar-refractivity contribution >= 4 is 6.08 Å². The second-order valence-electron chi connectivity index (χ2n) is 5.66. The molecular weight excluding hydrogens is 261 g/mol. The van der Waals surface area contributed by atoms with Gasteiger partial charge in [-0.15, -0.1) is 0 Å². The second kappa shape index (κ2) is 6.23. The van der Waals surface area contributed by atoms with Crippen LogP contribution in [0.25, 0.3) is 6.08 Å². The molecule has 0 unspecified atom stereocenters. The van der Waals surface area contributed by atoms with E-state index in [0.29, 0.717) is 17.5 Å². The van der Waals surface area contributed by atoms with Crippen LogP contribution in [0.4, 0.5) is 4.39 Å². The van der Waals surface area contributed by atoms with Crippen LogP contribution in [0.5, 0.6) is 0 Å². The van der Waals surface area contributed by atoms with Crippen LogP contribution in [0.3, 0.4) is 0 Å². The fourth-order valence-corrected chi connectivity index (χ4v) is 3.13. The maximum absolute atomic E-state index is 13.7. The summed E-state index contributed by atoms with van der Waals surface area (Å²) in [5.41, 5.74) is 2.02. The highest BCUT2D eigenvalue weighted by molar-refractivity contribution is 5.51. The summed E-state index contributed by atoms with van der Waals surface area (Å²) in [5, 5.41) is 0. The molecule has 1 fully saturated rings. The Bertz CT molecular complexity index is 620. The van der Waals surface area contributed by atoms with E-state index in [0.717, 1.165) is 13.0 Å². The van der Waals surface area contributed by atoms with Gasteiger partial charge >= 0.3 is 0 Å². The van der Waals surface area contributed by atoms with Gasteiger partial charge in [0.25, 0.3) is 0 Å². The maximum atomic E-state index is 13.7. The molecule has 0 saturated carbocycles. The molecule has 21 heavy (non-hydrogen) atoms. The maximum Gasteiger partial charge on any atom is 0.130 e. The van der Waals surface area contributed by atoms with Crippen LogP contribution in [-0.2, 0) is 0 Å².